The van der Waals surface area contributed by atoms with Crippen molar-refractivity contribution in [3.63, 3.8) is 0 Å². The van der Waals surface area contributed by atoms with Crippen LogP contribution in [0.25, 0.3) is 11.0 Å². The Balaban J connectivity index is 1.57. The maximum absolute atomic E-state index is 13.0. The minimum absolute atomic E-state index is 0.0433. The van der Waals surface area contributed by atoms with Gasteiger partial charge in [0.1, 0.15) is 11.7 Å². The van der Waals surface area contributed by atoms with E-state index in [9.17, 15) is 25.3 Å². The Morgan fingerprint density at radius 3 is 2.59 bits per heavy atom. The van der Waals surface area contributed by atoms with Crippen LogP contribution < -0.4 is 5.32 Å². The first-order valence-corrected chi connectivity index (χ1v) is 10.4. The standard InChI is InChI=1S/C22H22ClN3O6/c23-14-3-5-18-13(8-14)10-19(32-18)20(25-31)22(30)24-15(11-26-6-1-7-26)21(29)12-2-4-16(27)17(28)9-12/h2-5,8-10,15,21,27-29,31H,1,6-7,11H2,(H,24,30)/b25-20+/t15-,21-/m1/s1. The zero-order valence-electron chi connectivity index (χ0n) is 16.9. The molecule has 1 amide bonds. The molecule has 4 rings (SSSR count). The number of furan rings is 1. The summed E-state index contributed by atoms with van der Waals surface area (Å²) in [6, 6.07) is 9.64. The second kappa shape index (κ2) is 9.07. The molecule has 1 saturated heterocycles. The largest absolute Gasteiger partial charge is 0.504 e. The van der Waals surface area contributed by atoms with Gasteiger partial charge in [0.15, 0.2) is 17.3 Å². The first-order chi connectivity index (χ1) is 15.4. The fourth-order valence-corrected chi connectivity index (χ4v) is 3.78. The molecule has 168 valence electrons. The number of phenols is 2. The summed E-state index contributed by atoms with van der Waals surface area (Å²) in [6.07, 6.45) is -0.178. The van der Waals surface area contributed by atoms with Crippen LogP contribution in [0.1, 0.15) is 23.8 Å². The highest BCUT2D eigenvalue weighted by Crippen LogP contribution is 2.30. The number of phenolic OH excluding ortho intramolecular Hbond substituents is 2. The number of nitrogens with one attached hydrogen (secondary N) is 1. The summed E-state index contributed by atoms with van der Waals surface area (Å²) < 4.78 is 5.62. The molecule has 1 aliphatic heterocycles. The monoisotopic (exact) mass is 459 g/mol. The van der Waals surface area contributed by atoms with Gasteiger partial charge in [-0.15, -0.1) is 0 Å². The number of oxime groups is 1. The molecule has 1 aromatic heterocycles. The van der Waals surface area contributed by atoms with Crippen molar-refractivity contribution in [2.45, 2.75) is 18.6 Å². The Bertz CT molecular complexity index is 1170. The second-order valence-electron chi connectivity index (χ2n) is 7.67. The van der Waals surface area contributed by atoms with Gasteiger partial charge in [0, 0.05) is 17.0 Å². The van der Waals surface area contributed by atoms with Crippen molar-refractivity contribution in [3.8, 4) is 11.5 Å². The zero-order chi connectivity index (χ0) is 22.8. The smallest absolute Gasteiger partial charge is 0.277 e. The molecule has 0 aliphatic carbocycles. The molecular weight excluding hydrogens is 438 g/mol. The highest BCUT2D eigenvalue weighted by Gasteiger charge is 2.30. The van der Waals surface area contributed by atoms with E-state index in [0.717, 1.165) is 19.5 Å². The van der Waals surface area contributed by atoms with Gasteiger partial charge in [0.25, 0.3) is 5.91 Å². The van der Waals surface area contributed by atoms with Gasteiger partial charge >= 0.3 is 0 Å². The maximum atomic E-state index is 13.0. The Morgan fingerprint density at radius 1 is 1.16 bits per heavy atom. The van der Waals surface area contributed by atoms with E-state index in [1.807, 2.05) is 4.90 Å². The Kier molecular flexibility index (Phi) is 6.22. The molecule has 1 fully saturated rings. The lowest BCUT2D eigenvalue weighted by atomic mass is 9.99. The predicted octanol–water partition coefficient (Wildman–Crippen LogP) is 2.60. The third-order valence-corrected chi connectivity index (χ3v) is 5.70. The third kappa shape index (κ3) is 4.50. The van der Waals surface area contributed by atoms with Crippen molar-refractivity contribution in [3.05, 3.63) is 58.8 Å². The molecule has 0 bridgehead atoms. The maximum Gasteiger partial charge on any atom is 0.277 e. The highest BCUT2D eigenvalue weighted by atomic mass is 35.5. The highest BCUT2D eigenvalue weighted by molar-refractivity contribution is 6.44. The minimum atomic E-state index is -1.19. The first kappa shape index (κ1) is 21.9. The number of benzene rings is 2. The van der Waals surface area contributed by atoms with E-state index >= 15 is 0 Å². The van der Waals surface area contributed by atoms with Crippen LogP contribution in [-0.4, -0.2) is 62.7 Å². The van der Waals surface area contributed by atoms with E-state index in [1.54, 1.807) is 18.2 Å². The van der Waals surface area contributed by atoms with E-state index in [0.29, 0.717) is 28.1 Å². The fraction of sp³-hybridized carbons (Fsp3) is 0.273. The third-order valence-electron chi connectivity index (χ3n) is 5.47. The van der Waals surface area contributed by atoms with Crippen molar-refractivity contribution >= 4 is 34.2 Å². The summed E-state index contributed by atoms with van der Waals surface area (Å²) in [5.74, 6) is -1.40. The second-order valence-corrected chi connectivity index (χ2v) is 8.10. The Hall–Kier alpha value is -3.27. The number of carbonyl (C=O) groups is 1. The van der Waals surface area contributed by atoms with E-state index in [1.165, 1.54) is 24.3 Å². The number of fused-ring (bicyclic) bond motifs is 1. The van der Waals surface area contributed by atoms with Gasteiger partial charge in [-0.25, -0.2) is 0 Å². The summed E-state index contributed by atoms with van der Waals surface area (Å²) in [6.45, 7) is 1.99. The molecular formula is C22H22ClN3O6. The molecule has 0 saturated carbocycles. The van der Waals surface area contributed by atoms with Gasteiger partial charge in [0.2, 0.25) is 5.71 Å². The molecule has 2 aromatic carbocycles. The Morgan fingerprint density at radius 2 is 1.94 bits per heavy atom. The van der Waals surface area contributed by atoms with Crippen LogP contribution in [0.4, 0.5) is 0 Å². The van der Waals surface area contributed by atoms with Crippen molar-refractivity contribution in [1.29, 1.82) is 0 Å². The number of halogens is 1. The summed E-state index contributed by atoms with van der Waals surface area (Å²) >= 11 is 5.99. The topological polar surface area (TPSA) is 139 Å². The molecule has 1 aliphatic rings. The summed E-state index contributed by atoms with van der Waals surface area (Å²) in [7, 11) is 0. The normalized spacial score (nSPS) is 16.5. The van der Waals surface area contributed by atoms with Crippen molar-refractivity contribution in [2.24, 2.45) is 5.16 Å². The fourth-order valence-electron chi connectivity index (χ4n) is 3.60. The van der Waals surface area contributed by atoms with Crippen LogP contribution in [0.15, 0.2) is 52.0 Å². The number of hydrogen-bond acceptors (Lipinski definition) is 8. The van der Waals surface area contributed by atoms with Crippen molar-refractivity contribution in [2.75, 3.05) is 19.6 Å². The molecule has 3 aromatic rings. The van der Waals surface area contributed by atoms with Gasteiger partial charge in [-0.3, -0.25) is 4.79 Å². The average molecular weight is 460 g/mol. The molecule has 0 unspecified atom stereocenters. The quantitative estimate of drug-likeness (QED) is 0.158. The van der Waals surface area contributed by atoms with Gasteiger partial charge in [-0.05, 0) is 61.5 Å². The van der Waals surface area contributed by atoms with Gasteiger partial charge in [-0.2, -0.15) is 0 Å². The summed E-state index contributed by atoms with van der Waals surface area (Å²) in [5.41, 5.74) is 0.425. The summed E-state index contributed by atoms with van der Waals surface area (Å²) in [4.78, 5) is 15.0. The lowest BCUT2D eigenvalue weighted by Gasteiger charge is -2.36. The van der Waals surface area contributed by atoms with E-state index in [-0.39, 0.29) is 23.0 Å². The Labute approximate surface area is 188 Å². The molecule has 0 spiro atoms. The molecule has 5 N–H and O–H groups in total. The number of aliphatic hydroxyl groups is 1. The molecule has 10 heteroatoms. The van der Waals surface area contributed by atoms with Crippen LogP contribution in [0.2, 0.25) is 5.02 Å². The number of aromatic hydroxyl groups is 2. The number of carbonyl (C=O) groups excluding carboxylic acids is 1. The summed E-state index contributed by atoms with van der Waals surface area (Å²) in [5, 5.41) is 46.7. The van der Waals surface area contributed by atoms with Crippen LogP contribution in [-0.2, 0) is 4.79 Å². The average Bonchev–Trinajstić information content (AvgIpc) is 3.14. The lowest BCUT2D eigenvalue weighted by Crippen LogP contribution is -2.52. The number of aliphatic hydroxyl groups excluding tert-OH is 1. The van der Waals surface area contributed by atoms with Crippen molar-refractivity contribution < 1.29 is 29.7 Å². The number of amides is 1. The van der Waals surface area contributed by atoms with Crippen LogP contribution in [0.5, 0.6) is 11.5 Å². The number of nitrogens with zero attached hydrogens (tertiary/aromatic N) is 2. The molecule has 2 heterocycles. The van der Waals surface area contributed by atoms with E-state index in [2.05, 4.69) is 10.5 Å². The van der Waals surface area contributed by atoms with Crippen LogP contribution >= 0.6 is 11.6 Å². The molecule has 2 atom stereocenters. The predicted molar refractivity (Wildman–Crippen MR) is 117 cm³/mol. The number of likely N-dealkylation sites (tertiary alicyclic amines) is 1. The minimum Gasteiger partial charge on any atom is -0.504 e. The van der Waals surface area contributed by atoms with E-state index < -0.39 is 18.1 Å². The van der Waals surface area contributed by atoms with Gasteiger partial charge < -0.3 is 35.2 Å². The lowest BCUT2D eigenvalue weighted by molar-refractivity contribution is -0.116. The van der Waals surface area contributed by atoms with Crippen LogP contribution in [0.3, 0.4) is 0 Å². The van der Waals surface area contributed by atoms with Crippen LogP contribution in [0, 0.1) is 0 Å². The van der Waals surface area contributed by atoms with Gasteiger partial charge in [0.05, 0.1) is 6.04 Å². The first-order valence-electron chi connectivity index (χ1n) is 10.0. The van der Waals surface area contributed by atoms with Crippen molar-refractivity contribution in [1.82, 2.24) is 10.2 Å². The number of rotatable bonds is 7. The SMILES string of the molecule is O=C(N[C@H](CN1CCC1)[C@H](O)c1ccc(O)c(O)c1)/C(=N/O)c1cc2cc(Cl)ccc2o1. The molecule has 32 heavy (non-hydrogen) atoms. The number of hydrogen-bond donors (Lipinski definition) is 5. The van der Waals surface area contributed by atoms with E-state index in [4.69, 9.17) is 16.0 Å². The zero-order valence-corrected chi connectivity index (χ0v) is 17.7. The van der Waals surface area contributed by atoms with Gasteiger partial charge in [-0.1, -0.05) is 22.8 Å². The molecule has 0 radical (unpaired) electrons. The molecule has 9 nitrogen and oxygen atoms in total.